The number of rotatable bonds is 6. The van der Waals surface area contributed by atoms with Crippen molar-refractivity contribution in [2.45, 2.75) is 37.1 Å². The van der Waals surface area contributed by atoms with Crippen molar-refractivity contribution in [2.75, 3.05) is 12.3 Å². The van der Waals surface area contributed by atoms with Crippen LogP contribution < -0.4 is 21.7 Å². The smallest absolute Gasteiger partial charge is 0.223 e. The molecule has 3 unspecified atom stereocenters. The minimum Gasteiger partial charge on any atom is -0.355 e. The largest absolute Gasteiger partial charge is 0.355 e. The van der Waals surface area contributed by atoms with Gasteiger partial charge in [0.1, 0.15) is 5.82 Å². The monoisotopic (exact) mass is 338 g/mol. The molecule has 0 spiro atoms. The third kappa shape index (κ3) is 4.44. The van der Waals surface area contributed by atoms with E-state index < -0.39 is 0 Å². The highest BCUT2D eigenvalue weighted by atomic mass is 32.2. The highest BCUT2D eigenvalue weighted by Gasteiger charge is 2.36. The summed E-state index contributed by atoms with van der Waals surface area (Å²) >= 11 is 1.64. The van der Waals surface area contributed by atoms with Gasteiger partial charge in [-0.15, -0.1) is 0 Å². The highest BCUT2D eigenvalue weighted by Crippen LogP contribution is 2.26. The SMILES string of the molecule is O=C(NCCSCc1ccccc1F)C1CCC2NNNC2C1. The summed E-state index contributed by atoms with van der Waals surface area (Å²) in [6.07, 6.45) is 2.79. The third-order valence-electron chi connectivity index (χ3n) is 4.50. The number of hydrazine groups is 2. The molecule has 4 N–H and O–H groups in total. The normalized spacial score (nSPS) is 26.7. The Hall–Kier alpha value is -1.15. The molecule has 1 aliphatic heterocycles. The zero-order valence-electron chi connectivity index (χ0n) is 13.0. The summed E-state index contributed by atoms with van der Waals surface area (Å²) in [6, 6.07) is 7.58. The fraction of sp³-hybridized carbons (Fsp3) is 0.562. The molecule has 2 aliphatic rings. The van der Waals surface area contributed by atoms with Crippen LogP contribution in [0, 0.1) is 11.7 Å². The molecule has 5 nitrogen and oxygen atoms in total. The fourth-order valence-corrected chi connectivity index (χ4v) is 4.00. The number of hydrogen-bond acceptors (Lipinski definition) is 5. The average molecular weight is 338 g/mol. The number of amides is 1. The molecule has 1 aromatic rings. The predicted molar refractivity (Wildman–Crippen MR) is 89.9 cm³/mol. The summed E-state index contributed by atoms with van der Waals surface area (Å²) in [5.41, 5.74) is 9.99. The first-order valence-corrected chi connectivity index (χ1v) is 9.24. The second-order valence-electron chi connectivity index (χ2n) is 6.07. The van der Waals surface area contributed by atoms with Crippen LogP contribution in [0.25, 0.3) is 0 Å². The van der Waals surface area contributed by atoms with E-state index in [0.717, 1.165) is 30.6 Å². The number of carbonyl (C=O) groups excluding carboxylic acids is 1. The van der Waals surface area contributed by atoms with Gasteiger partial charge in [0.15, 0.2) is 0 Å². The molecule has 1 aromatic carbocycles. The van der Waals surface area contributed by atoms with Crippen LogP contribution in [0.15, 0.2) is 24.3 Å². The zero-order chi connectivity index (χ0) is 16.1. The van der Waals surface area contributed by atoms with Gasteiger partial charge in [-0.25, -0.2) is 15.2 Å². The van der Waals surface area contributed by atoms with Crippen LogP contribution in [-0.2, 0) is 10.5 Å². The summed E-state index contributed by atoms with van der Waals surface area (Å²) in [5.74, 6) is 1.50. The van der Waals surface area contributed by atoms with Crippen molar-refractivity contribution in [1.82, 2.24) is 21.7 Å². The summed E-state index contributed by atoms with van der Waals surface area (Å²) in [4.78, 5) is 12.2. The van der Waals surface area contributed by atoms with Crippen molar-refractivity contribution in [3.8, 4) is 0 Å². The Kier molecular flexibility index (Phi) is 5.88. The maximum Gasteiger partial charge on any atom is 0.223 e. The van der Waals surface area contributed by atoms with E-state index >= 15 is 0 Å². The van der Waals surface area contributed by atoms with Crippen molar-refractivity contribution in [2.24, 2.45) is 5.92 Å². The van der Waals surface area contributed by atoms with E-state index in [0.29, 0.717) is 24.4 Å². The van der Waals surface area contributed by atoms with Gasteiger partial charge in [-0.1, -0.05) is 18.2 Å². The molecule has 1 saturated carbocycles. The molecular weight excluding hydrogens is 315 g/mol. The van der Waals surface area contributed by atoms with Crippen LogP contribution in [0.1, 0.15) is 24.8 Å². The molecule has 1 heterocycles. The zero-order valence-corrected chi connectivity index (χ0v) is 13.8. The second-order valence-corrected chi connectivity index (χ2v) is 7.18. The molecule has 2 fully saturated rings. The van der Waals surface area contributed by atoms with Gasteiger partial charge in [-0.3, -0.25) is 4.79 Å². The van der Waals surface area contributed by atoms with E-state index in [2.05, 4.69) is 21.7 Å². The van der Waals surface area contributed by atoms with Crippen LogP contribution in [0.5, 0.6) is 0 Å². The Morgan fingerprint density at radius 1 is 1.26 bits per heavy atom. The van der Waals surface area contributed by atoms with E-state index in [9.17, 15) is 9.18 Å². The predicted octanol–water partition coefficient (Wildman–Crippen LogP) is 1.32. The minimum atomic E-state index is -0.160. The summed E-state index contributed by atoms with van der Waals surface area (Å²) in [5, 5.41) is 3.01. The molecule has 3 atom stereocenters. The summed E-state index contributed by atoms with van der Waals surface area (Å²) in [6.45, 7) is 0.631. The van der Waals surface area contributed by atoms with Gasteiger partial charge in [0.25, 0.3) is 0 Å². The lowest BCUT2D eigenvalue weighted by Gasteiger charge is -2.29. The number of fused-ring (bicyclic) bond motifs is 1. The van der Waals surface area contributed by atoms with Gasteiger partial charge in [-0.05, 0) is 30.9 Å². The summed E-state index contributed by atoms with van der Waals surface area (Å²) < 4.78 is 13.5. The van der Waals surface area contributed by atoms with E-state index in [4.69, 9.17) is 0 Å². The molecule has 0 bridgehead atoms. The average Bonchev–Trinajstić information content (AvgIpc) is 3.03. The van der Waals surface area contributed by atoms with Crippen LogP contribution in [0.3, 0.4) is 0 Å². The van der Waals surface area contributed by atoms with E-state index in [1.807, 2.05) is 6.07 Å². The Morgan fingerprint density at radius 3 is 2.96 bits per heavy atom. The maximum absolute atomic E-state index is 13.5. The molecule has 1 amide bonds. The van der Waals surface area contributed by atoms with Crippen LogP contribution in [0.4, 0.5) is 4.39 Å². The van der Waals surface area contributed by atoms with Crippen molar-refractivity contribution >= 4 is 17.7 Å². The maximum atomic E-state index is 13.5. The quantitative estimate of drug-likeness (QED) is 0.590. The first-order valence-electron chi connectivity index (χ1n) is 8.09. The van der Waals surface area contributed by atoms with Gasteiger partial charge >= 0.3 is 0 Å². The Bertz CT molecular complexity index is 545. The van der Waals surface area contributed by atoms with Gasteiger partial charge in [-0.2, -0.15) is 17.3 Å². The third-order valence-corrected chi connectivity index (χ3v) is 5.51. The van der Waals surface area contributed by atoms with Crippen LogP contribution in [-0.4, -0.2) is 30.3 Å². The molecule has 1 aliphatic carbocycles. The summed E-state index contributed by atoms with van der Waals surface area (Å²) in [7, 11) is 0. The molecular formula is C16H23FN4OS. The molecule has 7 heteroatoms. The van der Waals surface area contributed by atoms with Gasteiger partial charge in [0.2, 0.25) is 5.91 Å². The number of halogens is 1. The molecule has 3 rings (SSSR count). The fourth-order valence-electron chi connectivity index (χ4n) is 3.16. The minimum absolute atomic E-state index is 0.0852. The number of benzene rings is 1. The second kappa shape index (κ2) is 8.10. The lowest BCUT2D eigenvalue weighted by molar-refractivity contribution is -0.126. The first kappa shape index (κ1) is 16.7. The Labute approximate surface area is 140 Å². The van der Waals surface area contributed by atoms with Crippen LogP contribution in [0.2, 0.25) is 0 Å². The van der Waals surface area contributed by atoms with Crippen molar-refractivity contribution in [1.29, 1.82) is 0 Å². The van der Waals surface area contributed by atoms with E-state index in [-0.39, 0.29) is 17.6 Å². The van der Waals surface area contributed by atoms with Gasteiger partial charge < -0.3 is 5.32 Å². The van der Waals surface area contributed by atoms with Gasteiger partial charge in [0, 0.05) is 36.1 Å². The standard InChI is InChI=1S/C16H23FN4OS/c17-13-4-2-1-3-12(13)10-23-8-7-18-16(22)11-5-6-14-15(9-11)20-21-19-14/h1-4,11,14-15,19-21H,5-10H2,(H,18,22). The lowest BCUT2D eigenvalue weighted by Crippen LogP contribution is -2.44. The number of nitrogens with one attached hydrogen (secondary N) is 4. The Balaban J connectivity index is 1.33. The number of carbonyl (C=O) groups is 1. The molecule has 0 radical (unpaired) electrons. The highest BCUT2D eigenvalue weighted by molar-refractivity contribution is 7.98. The molecule has 0 aromatic heterocycles. The van der Waals surface area contributed by atoms with E-state index in [1.54, 1.807) is 23.9 Å². The lowest BCUT2D eigenvalue weighted by atomic mass is 9.82. The van der Waals surface area contributed by atoms with Gasteiger partial charge in [0.05, 0.1) is 0 Å². The molecule has 1 saturated heterocycles. The molecule has 126 valence electrons. The molecule has 23 heavy (non-hydrogen) atoms. The number of thioether (sulfide) groups is 1. The van der Waals surface area contributed by atoms with Crippen molar-refractivity contribution in [3.63, 3.8) is 0 Å². The first-order chi connectivity index (χ1) is 11.2. The van der Waals surface area contributed by atoms with Crippen molar-refractivity contribution < 1.29 is 9.18 Å². The van der Waals surface area contributed by atoms with E-state index in [1.165, 1.54) is 6.07 Å². The number of hydrogen-bond donors (Lipinski definition) is 4. The Morgan fingerprint density at radius 2 is 2.09 bits per heavy atom. The topological polar surface area (TPSA) is 65.2 Å². The van der Waals surface area contributed by atoms with Crippen molar-refractivity contribution in [3.05, 3.63) is 35.6 Å². The van der Waals surface area contributed by atoms with Crippen LogP contribution >= 0.6 is 11.8 Å².